The molecule has 1 saturated heterocycles. The fraction of sp³-hybridized carbons (Fsp3) is 0.588. The van der Waals surface area contributed by atoms with E-state index >= 15 is 0 Å². The normalized spacial score (nSPS) is 18.8. The van der Waals surface area contributed by atoms with Gasteiger partial charge in [-0.1, -0.05) is 0 Å². The summed E-state index contributed by atoms with van der Waals surface area (Å²) in [4.78, 5) is 3.98. The molecule has 3 heterocycles. The molecule has 1 aliphatic carbocycles. The Balaban J connectivity index is 1.32. The topological polar surface area (TPSA) is 90.2 Å². The van der Waals surface area contributed by atoms with Crippen LogP contribution in [0.2, 0.25) is 0 Å². The van der Waals surface area contributed by atoms with Crippen LogP contribution in [0, 0.1) is 5.92 Å². The van der Waals surface area contributed by atoms with Crippen LogP contribution in [0.1, 0.15) is 30.5 Å². The van der Waals surface area contributed by atoms with Crippen LogP contribution in [-0.2, 0) is 29.9 Å². The molecule has 0 amide bonds. The molecule has 4 rings (SSSR count). The summed E-state index contributed by atoms with van der Waals surface area (Å²) in [6.07, 6.45) is 7.87. The zero-order chi connectivity index (χ0) is 18.1. The highest BCUT2D eigenvalue weighted by Crippen LogP contribution is 2.25. The Bertz CT molecular complexity index is 888. The van der Waals surface area contributed by atoms with E-state index in [1.807, 2.05) is 6.07 Å². The molecule has 0 radical (unpaired) electrons. The highest BCUT2D eigenvalue weighted by molar-refractivity contribution is 7.89. The highest BCUT2D eigenvalue weighted by atomic mass is 32.2. The van der Waals surface area contributed by atoms with E-state index in [1.54, 1.807) is 13.2 Å². The van der Waals surface area contributed by atoms with Gasteiger partial charge in [-0.3, -0.25) is 0 Å². The van der Waals surface area contributed by atoms with Gasteiger partial charge in [0.15, 0.2) is 0 Å². The lowest BCUT2D eigenvalue weighted by molar-refractivity contribution is 0.179. The molecule has 0 unspecified atom stereocenters. The minimum absolute atomic E-state index is 0.0978. The van der Waals surface area contributed by atoms with Gasteiger partial charge >= 0.3 is 0 Å². The Hall–Kier alpha value is -2.00. The van der Waals surface area contributed by atoms with E-state index in [2.05, 4.69) is 15.2 Å². The van der Waals surface area contributed by atoms with Gasteiger partial charge in [0, 0.05) is 38.6 Å². The minimum atomic E-state index is -3.52. The number of sulfonamides is 1. The van der Waals surface area contributed by atoms with E-state index < -0.39 is 10.0 Å². The molecule has 0 bridgehead atoms. The molecule has 0 saturated carbocycles. The summed E-state index contributed by atoms with van der Waals surface area (Å²) in [6.45, 7) is 1.52. The number of imidazole rings is 1. The summed E-state index contributed by atoms with van der Waals surface area (Å²) in [5.41, 5.74) is 2.33. The lowest BCUT2D eigenvalue weighted by atomic mass is 9.99. The Kier molecular flexibility index (Phi) is 4.66. The standard InChI is InChI=1S/C17H23N5O3S/c1-21-10-7-18-17(21)26(23,24)22-8-5-13(6-9-22)12-25-16-11-14-3-2-4-15(14)19-20-16/h7,10-11,13H,2-6,8-9,12H2,1H3. The number of hydrogen-bond acceptors (Lipinski definition) is 6. The predicted molar refractivity (Wildman–Crippen MR) is 94.2 cm³/mol. The van der Waals surface area contributed by atoms with Crippen LogP contribution in [0.15, 0.2) is 23.6 Å². The quantitative estimate of drug-likeness (QED) is 0.777. The highest BCUT2D eigenvalue weighted by Gasteiger charge is 2.32. The number of ether oxygens (including phenoxy) is 1. The van der Waals surface area contributed by atoms with E-state index in [1.165, 1.54) is 20.6 Å². The van der Waals surface area contributed by atoms with Gasteiger partial charge in [-0.2, -0.15) is 9.40 Å². The molecule has 140 valence electrons. The second kappa shape index (κ2) is 6.96. The number of nitrogens with zero attached hydrogens (tertiary/aromatic N) is 5. The minimum Gasteiger partial charge on any atom is -0.476 e. The zero-order valence-corrected chi connectivity index (χ0v) is 15.7. The van der Waals surface area contributed by atoms with Gasteiger partial charge in [0.2, 0.25) is 11.0 Å². The molecule has 2 aliphatic rings. The largest absolute Gasteiger partial charge is 0.476 e. The third kappa shape index (κ3) is 3.33. The number of hydrogen-bond donors (Lipinski definition) is 0. The van der Waals surface area contributed by atoms with Crippen LogP contribution in [0.3, 0.4) is 0 Å². The van der Waals surface area contributed by atoms with Crippen molar-refractivity contribution >= 4 is 10.0 Å². The lowest BCUT2D eigenvalue weighted by Crippen LogP contribution is -2.40. The summed E-state index contributed by atoms with van der Waals surface area (Å²) in [5.74, 6) is 0.895. The maximum atomic E-state index is 12.7. The molecule has 2 aromatic heterocycles. The van der Waals surface area contributed by atoms with Gasteiger partial charge in [-0.25, -0.2) is 13.4 Å². The molecule has 1 aliphatic heterocycles. The van der Waals surface area contributed by atoms with Crippen molar-refractivity contribution in [3.8, 4) is 5.88 Å². The first kappa shape index (κ1) is 17.4. The average Bonchev–Trinajstić information content (AvgIpc) is 3.28. The summed E-state index contributed by atoms with van der Waals surface area (Å²) >= 11 is 0. The number of fused-ring (bicyclic) bond motifs is 1. The first-order chi connectivity index (χ1) is 12.5. The molecule has 8 nitrogen and oxygen atoms in total. The fourth-order valence-electron chi connectivity index (χ4n) is 3.61. The van der Waals surface area contributed by atoms with E-state index in [9.17, 15) is 8.42 Å². The Morgan fingerprint density at radius 1 is 1.23 bits per heavy atom. The Morgan fingerprint density at radius 3 is 2.77 bits per heavy atom. The van der Waals surface area contributed by atoms with Crippen molar-refractivity contribution in [3.63, 3.8) is 0 Å². The third-order valence-electron chi connectivity index (χ3n) is 5.19. The van der Waals surface area contributed by atoms with Crippen LogP contribution in [0.4, 0.5) is 0 Å². The second-order valence-electron chi connectivity index (χ2n) is 6.99. The van der Waals surface area contributed by atoms with Crippen LogP contribution in [-0.4, -0.2) is 52.2 Å². The summed E-state index contributed by atoms with van der Waals surface area (Å²) in [5, 5.41) is 8.47. The van der Waals surface area contributed by atoms with Gasteiger partial charge in [-0.05, 0) is 43.6 Å². The SMILES string of the molecule is Cn1ccnc1S(=O)(=O)N1CCC(COc2cc3c(nn2)CCC3)CC1. The number of aromatic nitrogens is 4. The molecule has 0 spiro atoms. The average molecular weight is 377 g/mol. The van der Waals surface area contributed by atoms with Crippen LogP contribution < -0.4 is 4.74 Å². The molecular formula is C17H23N5O3S. The van der Waals surface area contributed by atoms with Crippen LogP contribution >= 0.6 is 0 Å². The maximum absolute atomic E-state index is 12.7. The molecule has 0 atom stereocenters. The summed E-state index contributed by atoms with van der Waals surface area (Å²) < 4.78 is 34.2. The zero-order valence-electron chi connectivity index (χ0n) is 14.8. The van der Waals surface area contributed by atoms with Crippen molar-refractivity contribution in [1.29, 1.82) is 0 Å². The molecule has 1 fully saturated rings. The van der Waals surface area contributed by atoms with Gasteiger partial charge in [-0.15, -0.1) is 5.10 Å². The molecule has 26 heavy (non-hydrogen) atoms. The van der Waals surface area contributed by atoms with E-state index in [-0.39, 0.29) is 5.16 Å². The fourth-order valence-corrected chi connectivity index (χ4v) is 5.16. The van der Waals surface area contributed by atoms with Crippen molar-refractivity contribution in [2.45, 2.75) is 37.3 Å². The lowest BCUT2D eigenvalue weighted by Gasteiger charge is -2.30. The first-order valence-corrected chi connectivity index (χ1v) is 10.4. The third-order valence-corrected chi connectivity index (χ3v) is 7.09. The number of aryl methyl sites for hydroxylation is 3. The summed E-state index contributed by atoms with van der Waals surface area (Å²) in [6, 6.07) is 2.00. The van der Waals surface area contributed by atoms with Crippen molar-refractivity contribution in [2.24, 2.45) is 13.0 Å². The van der Waals surface area contributed by atoms with E-state index in [0.717, 1.165) is 37.8 Å². The van der Waals surface area contributed by atoms with E-state index in [0.29, 0.717) is 31.5 Å². The van der Waals surface area contributed by atoms with Gasteiger partial charge in [0.25, 0.3) is 10.0 Å². The van der Waals surface area contributed by atoms with Gasteiger partial charge in [0.1, 0.15) is 0 Å². The molecule has 0 N–H and O–H groups in total. The summed E-state index contributed by atoms with van der Waals surface area (Å²) in [7, 11) is -1.83. The van der Waals surface area contributed by atoms with Crippen LogP contribution in [0.5, 0.6) is 5.88 Å². The number of rotatable bonds is 5. The number of piperidine rings is 1. The van der Waals surface area contributed by atoms with Crippen molar-refractivity contribution in [2.75, 3.05) is 19.7 Å². The predicted octanol–water partition coefficient (Wildman–Crippen LogP) is 1.18. The van der Waals surface area contributed by atoms with Gasteiger partial charge < -0.3 is 9.30 Å². The molecule has 9 heteroatoms. The van der Waals surface area contributed by atoms with E-state index in [4.69, 9.17) is 4.74 Å². The van der Waals surface area contributed by atoms with Crippen molar-refractivity contribution in [3.05, 3.63) is 29.7 Å². The van der Waals surface area contributed by atoms with Gasteiger partial charge in [0.05, 0.1) is 12.3 Å². The van der Waals surface area contributed by atoms with Crippen molar-refractivity contribution in [1.82, 2.24) is 24.1 Å². The second-order valence-corrected chi connectivity index (χ2v) is 8.82. The maximum Gasteiger partial charge on any atom is 0.276 e. The Labute approximate surface area is 153 Å². The Morgan fingerprint density at radius 2 is 2.04 bits per heavy atom. The molecular weight excluding hydrogens is 354 g/mol. The first-order valence-electron chi connectivity index (χ1n) is 9.00. The molecule has 2 aromatic rings. The smallest absolute Gasteiger partial charge is 0.276 e. The molecule has 0 aromatic carbocycles. The van der Waals surface area contributed by atoms with Crippen LogP contribution in [0.25, 0.3) is 0 Å². The monoisotopic (exact) mass is 377 g/mol. The van der Waals surface area contributed by atoms with Crippen molar-refractivity contribution < 1.29 is 13.2 Å².